The van der Waals surface area contributed by atoms with Gasteiger partial charge in [0.05, 0.1) is 20.6 Å². The Morgan fingerprint density at radius 2 is 1.92 bits per heavy atom. The van der Waals surface area contributed by atoms with Crippen LogP contribution in [0.4, 0.5) is 0 Å². The minimum atomic E-state index is 0. The van der Waals surface area contributed by atoms with Gasteiger partial charge in [-0.1, -0.05) is 13.8 Å². The number of ketones is 1. The Balaban J connectivity index is 0. The van der Waals surface area contributed by atoms with Gasteiger partial charge in [-0.2, -0.15) is 0 Å². The number of carbonyl (C=O) groups excluding carboxylic acids is 1. The van der Waals surface area contributed by atoms with Crippen molar-refractivity contribution in [1.29, 1.82) is 0 Å². The molecule has 0 radical (unpaired) electrons. The van der Waals surface area contributed by atoms with E-state index >= 15 is 0 Å². The third-order valence-electron chi connectivity index (χ3n) is 1.98. The molecule has 0 aliphatic rings. The van der Waals surface area contributed by atoms with Crippen molar-refractivity contribution in [3.63, 3.8) is 0 Å². The van der Waals surface area contributed by atoms with Crippen LogP contribution in [0.2, 0.25) is 0 Å². The molecule has 74 valence electrons. The fourth-order valence-electron chi connectivity index (χ4n) is 1.01. The number of quaternary nitrogens is 1. The van der Waals surface area contributed by atoms with Gasteiger partial charge >= 0.3 is 0 Å². The Morgan fingerprint density at radius 1 is 1.42 bits per heavy atom. The fourth-order valence-corrected chi connectivity index (χ4v) is 1.01. The molecule has 2 nitrogen and oxygen atoms in total. The maximum Gasteiger partial charge on any atom is 0.135 e. The van der Waals surface area contributed by atoms with Gasteiger partial charge in [-0.05, 0) is 0 Å². The van der Waals surface area contributed by atoms with Gasteiger partial charge in [-0.25, -0.2) is 0 Å². The lowest BCUT2D eigenvalue weighted by molar-refractivity contribution is -0.858. The second kappa shape index (κ2) is 7.56. The summed E-state index contributed by atoms with van der Waals surface area (Å²) in [6, 6.07) is 0. The standard InChI is InChI=1S/C9H19NO.ClH/c1-5-9(11)8(2)6-7-10(3)4;/h8H,5-7H2,1-4H3;1H. The monoisotopic (exact) mass is 193 g/mol. The summed E-state index contributed by atoms with van der Waals surface area (Å²) >= 11 is 0. The van der Waals surface area contributed by atoms with Crippen molar-refractivity contribution in [2.45, 2.75) is 26.7 Å². The first-order valence-electron chi connectivity index (χ1n) is 4.39. The third kappa shape index (κ3) is 6.62. The van der Waals surface area contributed by atoms with E-state index in [4.69, 9.17) is 0 Å². The molecule has 1 unspecified atom stereocenters. The fraction of sp³-hybridized carbons (Fsp3) is 0.889. The molecular weight excluding hydrogens is 174 g/mol. The van der Waals surface area contributed by atoms with Crippen LogP contribution in [0.25, 0.3) is 0 Å². The molecule has 0 aromatic carbocycles. The average Bonchev–Trinajstić information content (AvgIpc) is 1.98. The van der Waals surface area contributed by atoms with Crippen LogP contribution in [0.1, 0.15) is 26.7 Å². The molecule has 1 atom stereocenters. The molecule has 0 fully saturated rings. The number of carbonyl (C=O) groups is 1. The molecule has 0 aliphatic carbocycles. The molecule has 0 spiro atoms. The van der Waals surface area contributed by atoms with Crippen molar-refractivity contribution in [1.82, 2.24) is 0 Å². The second-order valence-corrected chi connectivity index (χ2v) is 3.47. The Kier molecular flexibility index (Phi) is 9.10. The summed E-state index contributed by atoms with van der Waals surface area (Å²) in [5.74, 6) is 0.654. The van der Waals surface area contributed by atoms with Crippen LogP contribution in [0.5, 0.6) is 0 Å². The van der Waals surface area contributed by atoms with E-state index in [2.05, 4.69) is 14.1 Å². The number of Topliss-reactive ketones (excluding diaryl/α,β-unsaturated/α-hetero) is 1. The number of hydrogen-bond donors (Lipinski definition) is 1. The zero-order chi connectivity index (χ0) is 8.85. The van der Waals surface area contributed by atoms with Gasteiger partial charge in [0.1, 0.15) is 5.78 Å². The first-order chi connectivity index (χ1) is 5.07. The molecular formula is C9H20ClNO. The highest BCUT2D eigenvalue weighted by atomic mass is 35.5. The maximum absolute atomic E-state index is 11.1. The predicted molar refractivity (Wildman–Crippen MR) is 46.8 cm³/mol. The Hall–Kier alpha value is -0.0800. The van der Waals surface area contributed by atoms with Gasteiger partial charge in [0.2, 0.25) is 0 Å². The van der Waals surface area contributed by atoms with E-state index in [1.165, 1.54) is 4.90 Å². The minimum Gasteiger partial charge on any atom is -1.00 e. The lowest BCUT2D eigenvalue weighted by Gasteiger charge is -2.11. The van der Waals surface area contributed by atoms with Crippen LogP contribution in [-0.2, 0) is 4.79 Å². The van der Waals surface area contributed by atoms with Crippen molar-refractivity contribution in [2.75, 3.05) is 20.6 Å². The number of rotatable bonds is 5. The summed E-state index contributed by atoms with van der Waals surface area (Å²) in [4.78, 5) is 12.5. The molecule has 3 heteroatoms. The topological polar surface area (TPSA) is 21.5 Å². The highest BCUT2D eigenvalue weighted by Gasteiger charge is 2.11. The molecule has 0 amide bonds. The van der Waals surface area contributed by atoms with Crippen LogP contribution in [0, 0.1) is 5.92 Å². The van der Waals surface area contributed by atoms with Crippen molar-refractivity contribution >= 4 is 5.78 Å². The average molecular weight is 194 g/mol. The maximum atomic E-state index is 11.1. The normalized spacial score (nSPS) is 12.4. The van der Waals surface area contributed by atoms with Crippen molar-refractivity contribution in [3.8, 4) is 0 Å². The summed E-state index contributed by atoms with van der Waals surface area (Å²) in [6.07, 6.45) is 1.71. The summed E-state index contributed by atoms with van der Waals surface area (Å²) in [5, 5.41) is 0. The lowest BCUT2D eigenvalue weighted by Crippen LogP contribution is -3.05. The number of nitrogens with one attached hydrogen (secondary N) is 1. The first kappa shape index (κ1) is 14.4. The predicted octanol–water partition coefficient (Wildman–Crippen LogP) is -2.86. The van der Waals surface area contributed by atoms with E-state index in [0.29, 0.717) is 12.2 Å². The van der Waals surface area contributed by atoms with Crippen LogP contribution in [0.15, 0.2) is 0 Å². The van der Waals surface area contributed by atoms with Crippen LogP contribution >= 0.6 is 0 Å². The van der Waals surface area contributed by atoms with E-state index in [1.807, 2.05) is 13.8 Å². The summed E-state index contributed by atoms with van der Waals surface area (Å²) < 4.78 is 0. The van der Waals surface area contributed by atoms with Gasteiger partial charge < -0.3 is 17.3 Å². The lowest BCUT2D eigenvalue weighted by atomic mass is 10.0. The molecule has 0 rings (SSSR count). The Bertz CT molecular complexity index is 126. The Morgan fingerprint density at radius 3 is 2.25 bits per heavy atom. The SMILES string of the molecule is CCC(=O)C(C)CC[NH+](C)C.[Cl-]. The first-order valence-corrected chi connectivity index (χ1v) is 4.39. The van der Waals surface area contributed by atoms with E-state index < -0.39 is 0 Å². The molecule has 0 bridgehead atoms. The zero-order valence-electron chi connectivity index (χ0n) is 8.48. The summed E-state index contributed by atoms with van der Waals surface area (Å²) in [6.45, 7) is 5.04. The molecule has 0 aromatic rings. The van der Waals surface area contributed by atoms with E-state index in [9.17, 15) is 4.79 Å². The van der Waals surface area contributed by atoms with Gasteiger partial charge in [0.15, 0.2) is 0 Å². The van der Waals surface area contributed by atoms with Crippen LogP contribution in [0.3, 0.4) is 0 Å². The molecule has 12 heavy (non-hydrogen) atoms. The van der Waals surface area contributed by atoms with Gasteiger partial charge in [0.25, 0.3) is 0 Å². The van der Waals surface area contributed by atoms with Crippen molar-refractivity contribution in [3.05, 3.63) is 0 Å². The van der Waals surface area contributed by atoms with Gasteiger partial charge in [-0.3, -0.25) is 4.79 Å². The highest BCUT2D eigenvalue weighted by Crippen LogP contribution is 2.03. The minimum absolute atomic E-state index is 0. The van der Waals surface area contributed by atoms with Crippen LogP contribution < -0.4 is 17.3 Å². The molecule has 0 saturated heterocycles. The van der Waals surface area contributed by atoms with E-state index in [1.54, 1.807) is 0 Å². The summed E-state index contributed by atoms with van der Waals surface area (Å²) in [7, 11) is 4.23. The third-order valence-corrected chi connectivity index (χ3v) is 1.98. The largest absolute Gasteiger partial charge is 1.00 e. The molecule has 1 N–H and O–H groups in total. The molecule has 0 saturated carbocycles. The molecule has 0 aliphatic heterocycles. The smallest absolute Gasteiger partial charge is 0.135 e. The second-order valence-electron chi connectivity index (χ2n) is 3.47. The zero-order valence-corrected chi connectivity index (χ0v) is 9.24. The van der Waals surface area contributed by atoms with E-state index in [0.717, 1.165) is 13.0 Å². The number of halogens is 1. The van der Waals surface area contributed by atoms with Crippen molar-refractivity contribution < 1.29 is 22.1 Å². The highest BCUT2D eigenvalue weighted by molar-refractivity contribution is 5.80. The number of hydrogen-bond acceptors (Lipinski definition) is 1. The van der Waals surface area contributed by atoms with Gasteiger partial charge in [-0.15, -0.1) is 0 Å². The molecule has 0 heterocycles. The molecule has 0 aromatic heterocycles. The summed E-state index contributed by atoms with van der Waals surface area (Å²) in [5.41, 5.74) is 0. The van der Waals surface area contributed by atoms with Crippen LogP contribution in [-0.4, -0.2) is 26.4 Å². The Labute approximate surface area is 81.7 Å². The van der Waals surface area contributed by atoms with E-state index in [-0.39, 0.29) is 18.3 Å². The van der Waals surface area contributed by atoms with Crippen molar-refractivity contribution in [2.24, 2.45) is 5.92 Å². The quantitative estimate of drug-likeness (QED) is 0.499. The van der Waals surface area contributed by atoms with Gasteiger partial charge in [0, 0.05) is 18.8 Å².